The van der Waals surface area contributed by atoms with E-state index in [1.54, 1.807) is 19.0 Å². The summed E-state index contributed by atoms with van der Waals surface area (Å²) in [6, 6.07) is 6.86. The van der Waals surface area contributed by atoms with Gasteiger partial charge in [-0.05, 0) is 50.8 Å². The van der Waals surface area contributed by atoms with Crippen molar-refractivity contribution in [1.82, 2.24) is 9.80 Å². The Bertz CT molecular complexity index is 550. The Hall–Kier alpha value is -1.75. The fourth-order valence-electron chi connectivity index (χ4n) is 2.97. The van der Waals surface area contributed by atoms with Gasteiger partial charge in [0.25, 0.3) is 0 Å². The van der Waals surface area contributed by atoms with Gasteiger partial charge in [0.1, 0.15) is 0 Å². The molecule has 1 saturated heterocycles. The normalized spacial score (nSPS) is 15.7. The van der Waals surface area contributed by atoms with Gasteiger partial charge < -0.3 is 19.9 Å². The number of anilines is 1. The van der Waals surface area contributed by atoms with Crippen LogP contribution in [0.25, 0.3) is 0 Å². The lowest BCUT2D eigenvalue weighted by Gasteiger charge is -2.34. The minimum Gasteiger partial charge on any atom is -0.382 e. The van der Waals surface area contributed by atoms with Crippen LogP contribution in [0, 0.1) is 6.92 Å². The molecule has 5 nitrogen and oxygen atoms in total. The van der Waals surface area contributed by atoms with E-state index in [9.17, 15) is 4.79 Å². The number of benzene rings is 1. The average Bonchev–Trinajstić information content (AvgIpc) is 2.55. The first kappa shape index (κ1) is 18.6. The summed E-state index contributed by atoms with van der Waals surface area (Å²) >= 11 is 0. The van der Waals surface area contributed by atoms with Gasteiger partial charge >= 0.3 is 6.03 Å². The third-order valence-corrected chi connectivity index (χ3v) is 4.53. The highest BCUT2D eigenvalue weighted by Gasteiger charge is 2.24. The minimum absolute atomic E-state index is 0.109. The molecule has 0 spiro atoms. The first-order valence-corrected chi connectivity index (χ1v) is 8.81. The highest BCUT2D eigenvalue weighted by molar-refractivity contribution is 5.73. The maximum atomic E-state index is 12.0. The van der Waals surface area contributed by atoms with E-state index < -0.39 is 0 Å². The number of ether oxygens (including phenoxy) is 1. The van der Waals surface area contributed by atoms with E-state index in [0.717, 1.165) is 25.9 Å². The van der Waals surface area contributed by atoms with Gasteiger partial charge in [-0.15, -0.1) is 0 Å². The Morgan fingerprint density at radius 1 is 1.33 bits per heavy atom. The van der Waals surface area contributed by atoms with Crippen molar-refractivity contribution in [2.24, 2.45) is 0 Å². The van der Waals surface area contributed by atoms with Crippen LogP contribution in [0.2, 0.25) is 0 Å². The van der Waals surface area contributed by atoms with E-state index in [4.69, 9.17) is 4.74 Å². The van der Waals surface area contributed by atoms with Gasteiger partial charge in [-0.2, -0.15) is 0 Å². The number of hydrogen-bond donors (Lipinski definition) is 1. The fourth-order valence-corrected chi connectivity index (χ4v) is 2.97. The quantitative estimate of drug-likeness (QED) is 0.897. The topological polar surface area (TPSA) is 44.8 Å². The molecule has 0 saturated carbocycles. The molecule has 1 fully saturated rings. The van der Waals surface area contributed by atoms with Crippen LogP contribution in [0.5, 0.6) is 0 Å². The van der Waals surface area contributed by atoms with Crippen molar-refractivity contribution in [3.8, 4) is 0 Å². The molecule has 0 unspecified atom stereocenters. The number of amides is 2. The van der Waals surface area contributed by atoms with Gasteiger partial charge in [-0.25, -0.2) is 4.79 Å². The van der Waals surface area contributed by atoms with Gasteiger partial charge in [0.05, 0.1) is 12.7 Å². The third-order valence-electron chi connectivity index (χ3n) is 4.53. The van der Waals surface area contributed by atoms with Crippen molar-refractivity contribution in [3.05, 3.63) is 29.3 Å². The summed E-state index contributed by atoms with van der Waals surface area (Å²) < 4.78 is 5.74. The average molecular weight is 333 g/mol. The lowest BCUT2D eigenvalue weighted by atomic mass is 10.0. The molecule has 1 heterocycles. The third kappa shape index (κ3) is 4.87. The van der Waals surface area contributed by atoms with E-state index in [1.807, 2.05) is 4.90 Å². The number of piperidine rings is 1. The number of nitrogens with zero attached hydrogens (tertiary/aromatic N) is 2. The molecule has 1 aliphatic rings. The van der Waals surface area contributed by atoms with Crippen LogP contribution < -0.4 is 5.32 Å². The summed E-state index contributed by atoms with van der Waals surface area (Å²) in [6.07, 6.45) is 2.19. The molecule has 2 amide bonds. The number of hydrogen-bond acceptors (Lipinski definition) is 3. The summed E-state index contributed by atoms with van der Waals surface area (Å²) in [4.78, 5) is 15.6. The number of urea groups is 1. The molecule has 134 valence electrons. The molecule has 0 aromatic heterocycles. The molecule has 24 heavy (non-hydrogen) atoms. The standard InChI is InChI=1S/C19H31N3O2/c1-14(2)24-13-16-7-6-8-18(15(16)3)20-17-9-11-22(12-10-17)19(23)21(4)5/h6-8,14,17,20H,9-13H2,1-5H3. The second-order valence-corrected chi connectivity index (χ2v) is 7.03. The lowest BCUT2D eigenvalue weighted by molar-refractivity contribution is 0.0654. The highest BCUT2D eigenvalue weighted by Crippen LogP contribution is 2.23. The molecular weight excluding hydrogens is 302 g/mol. The zero-order chi connectivity index (χ0) is 17.7. The van der Waals surface area contributed by atoms with E-state index in [1.165, 1.54) is 16.8 Å². The molecule has 0 radical (unpaired) electrons. The highest BCUT2D eigenvalue weighted by atomic mass is 16.5. The smallest absolute Gasteiger partial charge is 0.319 e. The zero-order valence-corrected chi connectivity index (χ0v) is 15.6. The molecule has 1 aliphatic heterocycles. The lowest BCUT2D eigenvalue weighted by Crippen LogP contribution is -2.46. The van der Waals surface area contributed by atoms with Crippen LogP contribution in [0.4, 0.5) is 10.5 Å². The van der Waals surface area contributed by atoms with Gasteiger partial charge in [0.2, 0.25) is 0 Å². The Morgan fingerprint density at radius 2 is 2.00 bits per heavy atom. The Morgan fingerprint density at radius 3 is 2.58 bits per heavy atom. The summed E-state index contributed by atoms with van der Waals surface area (Å²) in [5, 5.41) is 3.66. The molecule has 2 rings (SSSR count). The van der Waals surface area contributed by atoms with E-state index in [0.29, 0.717) is 12.6 Å². The van der Waals surface area contributed by atoms with Crippen molar-refractivity contribution in [3.63, 3.8) is 0 Å². The van der Waals surface area contributed by atoms with Crippen molar-refractivity contribution in [1.29, 1.82) is 0 Å². The molecule has 1 aromatic rings. The molecule has 0 bridgehead atoms. The van der Waals surface area contributed by atoms with Crippen LogP contribution >= 0.6 is 0 Å². The first-order valence-electron chi connectivity index (χ1n) is 8.81. The first-order chi connectivity index (χ1) is 11.4. The predicted octanol–water partition coefficient (Wildman–Crippen LogP) is 3.48. The van der Waals surface area contributed by atoms with Gasteiger partial charge in [0, 0.05) is 38.9 Å². The second kappa shape index (κ2) is 8.38. The summed E-state index contributed by atoms with van der Waals surface area (Å²) in [5.41, 5.74) is 3.66. The van der Waals surface area contributed by atoms with E-state index >= 15 is 0 Å². The summed E-state index contributed by atoms with van der Waals surface area (Å²) in [5.74, 6) is 0. The Kier molecular flexibility index (Phi) is 6.49. The monoisotopic (exact) mass is 333 g/mol. The van der Waals surface area contributed by atoms with Gasteiger partial charge in [-0.3, -0.25) is 0 Å². The molecule has 0 aliphatic carbocycles. The maximum absolute atomic E-state index is 12.0. The van der Waals surface area contributed by atoms with Gasteiger partial charge in [0.15, 0.2) is 0 Å². The largest absolute Gasteiger partial charge is 0.382 e. The van der Waals surface area contributed by atoms with Crippen LogP contribution in [0.15, 0.2) is 18.2 Å². The van der Waals surface area contributed by atoms with Gasteiger partial charge in [-0.1, -0.05) is 12.1 Å². The summed E-state index contributed by atoms with van der Waals surface area (Å²) in [6.45, 7) is 8.52. The second-order valence-electron chi connectivity index (χ2n) is 7.03. The van der Waals surface area contributed by atoms with Crippen molar-refractivity contribution in [2.75, 3.05) is 32.5 Å². The van der Waals surface area contributed by atoms with Crippen molar-refractivity contribution in [2.45, 2.75) is 52.4 Å². The van der Waals surface area contributed by atoms with Crippen molar-refractivity contribution >= 4 is 11.7 Å². The van der Waals surface area contributed by atoms with E-state index in [-0.39, 0.29) is 12.1 Å². The maximum Gasteiger partial charge on any atom is 0.319 e. The predicted molar refractivity (Wildman–Crippen MR) is 98.4 cm³/mol. The Labute approximate surface area is 146 Å². The molecule has 0 atom stereocenters. The van der Waals surface area contributed by atoms with Crippen LogP contribution in [-0.4, -0.2) is 55.2 Å². The summed E-state index contributed by atoms with van der Waals surface area (Å²) in [7, 11) is 3.61. The number of nitrogens with one attached hydrogen (secondary N) is 1. The number of carbonyl (C=O) groups is 1. The van der Waals surface area contributed by atoms with Crippen LogP contribution in [0.1, 0.15) is 37.8 Å². The Balaban J connectivity index is 1.93. The number of carbonyl (C=O) groups excluding carboxylic acids is 1. The number of rotatable bonds is 5. The minimum atomic E-state index is 0.109. The molecule has 1 aromatic carbocycles. The van der Waals surface area contributed by atoms with Crippen molar-refractivity contribution < 1.29 is 9.53 Å². The van der Waals surface area contributed by atoms with Crippen LogP contribution in [-0.2, 0) is 11.3 Å². The molecule has 5 heteroatoms. The molecular formula is C19H31N3O2. The SMILES string of the molecule is Cc1c(COC(C)C)cccc1NC1CCN(C(=O)N(C)C)CC1. The van der Waals surface area contributed by atoms with Crippen LogP contribution in [0.3, 0.4) is 0 Å². The zero-order valence-electron chi connectivity index (χ0n) is 15.6. The van der Waals surface area contributed by atoms with E-state index in [2.05, 4.69) is 44.3 Å². The number of likely N-dealkylation sites (tertiary alicyclic amines) is 1. The fraction of sp³-hybridized carbons (Fsp3) is 0.632. The molecule has 1 N–H and O–H groups in total.